The topological polar surface area (TPSA) is 29.1 Å². The first-order valence-electron chi connectivity index (χ1n) is 11.3. The fraction of sp³-hybridized carbons (Fsp3) is 0.172. The van der Waals surface area contributed by atoms with Gasteiger partial charge >= 0.3 is 0 Å². The minimum Gasteiger partial charge on any atom is -0.297 e. The van der Waals surface area contributed by atoms with Crippen LogP contribution in [0.4, 0.5) is 0 Å². The van der Waals surface area contributed by atoms with E-state index in [0.29, 0.717) is 0 Å². The quantitative estimate of drug-likeness (QED) is 0.341. The van der Waals surface area contributed by atoms with E-state index in [-0.39, 0.29) is 11.5 Å². The molecular formula is C29H28NOP. The molecule has 1 aliphatic carbocycles. The third-order valence-electron chi connectivity index (χ3n) is 6.83. The van der Waals surface area contributed by atoms with Crippen molar-refractivity contribution in [3.05, 3.63) is 132 Å². The van der Waals surface area contributed by atoms with E-state index >= 15 is 0 Å². The van der Waals surface area contributed by atoms with Crippen LogP contribution in [0.2, 0.25) is 0 Å². The maximum atomic E-state index is 14.9. The van der Waals surface area contributed by atoms with Crippen LogP contribution in [0.3, 0.4) is 0 Å². The number of rotatable bonds is 7. The SMILES string of the molecule is O=P(NC(c1ccccc1)C1(c2ccccc2)CCC1)(c1ccccc1)c1ccccc1. The fourth-order valence-corrected chi connectivity index (χ4v) is 7.53. The van der Waals surface area contributed by atoms with Crippen LogP contribution in [0.1, 0.15) is 36.4 Å². The Morgan fingerprint density at radius 3 is 1.50 bits per heavy atom. The highest BCUT2D eigenvalue weighted by atomic mass is 31.2. The summed E-state index contributed by atoms with van der Waals surface area (Å²) in [4.78, 5) is 0. The average Bonchev–Trinajstić information content (AvgIpc) is 2.85. The Morgan fingerprint density at radius 2 is 1.06 bits per heavy atom. The predicted molar refractivity (Wildman–Crippen MR) is 134 cm³/mol. The molecule has 2 nitrogen and oxygen atoms in total. The largest absolute Gasteiger partial charge is 0.297 e. The second kappa shape index (κ2) is 8.90. The predicted octanol–water partition coefficient (Wildman–Crippen LogP) is 6.37. The molecule has 0 spiro atoms. The molecule has 1 atom stereocenters. The molecule has 0 aromatic heterocycles. The molecule has 160 valence electrons. The van der Waals surface area contributed by atoms with Gasteiger partial charge in [-0.05, 0) is 48.2 Å². The maximum Gasteiger partial charge on any atom is 0.205 e. The van der Waals surface area contributed by atoms with Crippen molar-refractivity contribution in [3.8, 4) is 0 Å². The lowest BCUT2D eigenvalue weighted by atomic mass is 9.59. The van der Waals surface area contributed by atoms with Crippen LogP contribution in [0.15, 0.2) is 121 Å². The van der Waals surface area contributed by atoms with Crippen molar-refractivity contribution >= 4 is 17.9 Å². The molecule has 1 unspecified atom stereocenters. The molecule has 1 aliphatic rings. The van der Waals surface area contributed by atoms with Crippen LogP contribution in [0.25, 0.3) is 0 Å². The third-order valence-corrected chi connectivity index (χ3v) is 9.50. The van der Waals surface area contributed by atoms with E-state index in [9.17, 15) is 4.57 Å². The molecule has 0 aliphatic heterocycles. The molecule has 1 N–H and O–H groups in total. The summed E-state index contributed by atoms with van der Waals surface area (Å²) < 4.78 is 14.9. The lowest BCUT2D eigenvalue weighted by molar-refractivity contribution is 0.185. The normalized spacial score (nSPS) is 16.1. The number of benzene rings is 4. The summed E-state index contributed by atoms with van der Waals surface area (Å²) in [5, 5.41) is 5.46. The van der Waals surface area contributed by atoms with Crippen LogP contribution in [-0.2, 0) is 9.98 Å². The number of hydrogen-bond donors (Lipinski definition) is 1. The molecule has 0 radical (unpaired) electrons. The molecular weight excluding hydrogens is 409 g/mol. The van der Waals surface area contributed by atoms with Gasteiger partial charge in [0.05, 0.1) is 0 Å². The van der Waals surface area contributed by atoms with Gasteiger partial charge in [0.2, 0.25) is 7.29 Å². The van der Waals surface area contributed by atoms with E-state index in [0.717, 1.165) is 23.5 Å². The summed E-state index contributed by atoms with van der Waals surface area (Å²) in [6.07, 6.45) is 3.33. The zero-order valence-electron chi connectivity index (χ0n) is 18.1. The number of hydrogen-bond acceptors (Lipinski definition) is 1. The lowest BCUT2D eigenvalue weighted by Crippen LogP contribution is -2.47. The van der Waals surface area contributed by atoms with E-state index in [1.807, 2.05) is 66.7 Å². The Hall–Kier alpha value is -2.93. The summed E-state index contributed by atoms with van der Waals surface area (Å²) in [5.41, 5.74) is 2.42. The minimum atomic E-state index is -3.09. The zero-order chi connectivity index (χ0) is 21.9. The van der Waals surface area contributed by atoms with E-state index in [4.69, 9.17) is 0 Å². The maximum absolute atomic E-state index is 14.9. The average molecular weight is 438 g/mol. The van der Waals surface area contributed by atoms with Crippen LogP contribution < -0.4 is 15.7 Å². The van der Waals surface area contributed by atoms with Gasteiger partial charge in [-0.2, -0.15) is 0 Å². The third kappa shape index (κ3) is 3.75. The Bertz CT molecular complexity index is 1150. The monoisotopic (exact) mass is 437 g/mol. The smallest absolute Gasteiger partial charge is 0.205 e. The minimum absolute atomic E-state index is 0.0638. The van der Waals surface area contributed by atoms with Crippen LogP contribution in [-0.4, -0.2) is 0 Å². The number of nitrogens with one attached hydrogen (secondary N) is 1. The highest BCUT2D eigenvalue weighted by Crippen LogP contribution is 2.55. The van der Waals surface area contributed by atoms with Gasteiger partial charge in [-0.15, -0.1) is 0 Å². The van der Waals surface area contributed by atoms with Crippen molar-refractivity contribution in [1.29, 1.82) is 0 Å². The molecule has 32 heavy (non-hydrogen) atoms. The Labute approximate surface area is 190 Å². The second-order valence-electron chi connectivity index (χ2n) is 8.63. The van der Waals surface area contributed by atoms with E-state index < -0.39 is 7.29 Å². The molecule has 0 amide bonds. The van der Waals surface area contributed by atoms with Crippen molar-refractivity contribution < 1.29 is 4.57 Å². The first-order chi connectivity index (χ1) is 15.7. The van der Waals surface area contributed by atoms with Crippen molar-refractivity contribution in [2.75, 3.05) is 0 Å². The molecule has 4 aromatic rings. The van der Waals surface area contributed by atoms with Gasteiger partial charge in [-0.1, -0.05) is 103 Å². The molecule has 5 rings (SSSR count). The summed E-state index contributed by atoms with van der Waals surface area (Å²) >= 11 is 0. The highest BCUT2D eigenvalue weighted by molar-refractivity contribution is 7.76. The first-order valence-corrected chi connectivity index (χ1v) is 13.0. The van der Waals surface area contributed by atoms with Gasteiger partial charge in [-0.3, -0.25) is 9.65 Å². The van der Waals surface area contributed by atoms with E-state index in [1.165, 1.54) is 17.5 Å². The van der Waals surface area contributed by atoms with Gasteiger partial charge in [-0.25, -0.2) is 0 Å². The standard InChI is InChI=1S/C29H28NOP/c31-32(26-18-9-3-10-19-26,27-20-11-4-12-21-27)30-28(24-14-5-1-6-15-24)29(22-13-23-29)25-16-7-2-8-17-25/h1-12,14-21,28H,13,22-23H2,(H,30,31). The lowest BCUT2D eigenvalue weighted by Gasteiger charge is -2.50. The van der Waals surface area contributed by atoms with Gasteiger partial charge in [0.25, 0.3) is 0 Å². The first kappa shape index (κ1) is 20.9. The fourth-order valence-electron chi connectivity index (χ4n) is 4.99. The molecule has 0 bridgehead atoms. The Kier molecular flexibility index (Phi) is 5.83. The van der Waals surface area contributed by atoms with E-state index in [2.05, 4.69) is 59.7 Å². The highest BCUT2D eigenvalue weighted by Gasteiger charge is 2.48. The van der Waals surface area contributed by atoms with Gasteiger partial charge < -0.3 is 0 Å². The zero-order valence-corrected chi connectivity index (χ0v) is 19.0. The second-order valence-corrected chi connectivity index (χ2v) is 11.1. The van der Waals surface area contributed by atoms with Crippen molar-refractivity contribution in [2.45, 2.75) is 30.7 Å². The summed E-state index contributed by atoms with van der Waals surface area (Å²) in [5.74, 6) is 0. The molecule has 0 saturated heterocycles. The molecule has 4 aromatic carbocycles. The molecule has 3 heteroatoms. The van der Waals surface area contributed by atoms with Crippen molar-refractivity contribution in [3.63, 3.8) is 0 Å². The molecule has 1 fully saturated rings. The van der Waals surface area contributed by atoms with Gasteiger partial charge in [0, 0.05) is 22.1 Å². The summed E-state index contributed by atoms with van der Waals surface area (Å²) in [6, 6.07) is 41.0. The van der Waals surface area contributed by atoms with Crippen LogP contribution in [0.5, 0.6) is 0 Å². The molecule has 0 heterocycles. The van der Waals surface area contributed by atoms with Crippen molar-refractivity contribution in [1.82, 2.24) is 5.09 Å². The van der Waals surface area contributed by atoms with Gasteiger partial charge in [0.15, 0.2) is 0 Å². The Morgan fingerprint density at radius 1 is 0.625 bits per heavy atom. The summed E-state index contributed by atoms with van der Waals surface area (Å²) in [6.45, 7) is 0. The summed E-state index contributed by atoms with van der Waals surface area (Å²) in [7, 11) is -3.09. The Balaban J connectivity index is 1.67. The van der Waals surface area contributed by atoms with E-state index in [1.54, 1.807) is 0 Å². The van der Waals surface area contributed by atoms with Crippen LogP contribution >= 0.6 is 7.29 Å². The van der Waals surface area contributed by atoms with Crippen LogP contribution in [0, 0.1) is 0 Å². The van der Waals surface area contributed by atoms with Crippen molar-refractivity contribution in [2.24, 2.45) is 0 Å². The van der Waals surface area contributed by atoms with Gasteiger partial charge in [0.1, 0.15) is 0 Å². The molecule has 1 saturated carbocycles.